The zero-order valence-corrected chi connectivity index (χ0v) is 9.76. The minimum Gasteiger partial charge on any atom is -0.346 e. The third-order valence-electron chi connectivity index (χ3n) is 2.63. The highest BCUT2D eigenvalue weighted by atomic mass is 32.2. The second kappa shape index (κ2) is 4.73. The summed E-state index contributed by atoms with van der Waals surface area (Å²) in [5.74, 6) is 1.14. The SMILES string of the molecule is CSCCn1cc(CN)c2ccccc21. The second-order valence-electron chi connectivity index (χ2n) is 3.56. The van der Waals surface area contributed by atoms with Gasteiger partial charge in [-0.1, -0.05) is 18.2 Å². The van der Waals surface area contributed by atoms with Crippen LogP contribution in [0, 0.1) is 0 Å². The Morgan fingerprint density at radius 2 is 2.13 bits per heavy atom. The summed E-state index contributed by atoms with van der Waals surface area (Å²) in [7, 11) is 0. The summed E-state index contributed by atoms with van der Waals surface area (Å²) in [5, 5.41) is 1.29. The number of para-hydroxylation sites is 1. The molecule has 1 aromatic carbocycles. The summed E-state index contributed by atoms with van der Waals surface area (Å²) < 4.78 is 2.30. The van der Waals surface area contributed by atoms with Crippen molar-refractivity contribution >= 4 is 22.7 Å². The average molecular weight is 220 g/mol. The smallest absolute Gasteiger partial charge is 0.0483 e. The highest BCUT2D eigenvalue weighted by Crippen LogP contribution is 2.21. The van der Waals surface area contributed by atoms with E-state index in [1.54, 1.807) is 0 Å². The minimum atomic E-state index is 0.618. The number of aromatic nitrogens is 1. The van der Waals surface area contributed by atoms with Gasteiger partial charge in [0, 0.05) is 35.9 Å². The van der Waals surface area contributed by atoms with Crippen LogP contribution in [0.1, 0.15) is 5.56 Å². The number of fused-ring (bicyclic) bond motifs is 1. The van der Waals surface area contributed by atoms with E-state index in [-0.39, 0.29) is 0 Å². The lowest BCUT2D eigenvalue weighted by atomic mass is 10.2. The third kappa shape index (κ3) is 2.03. The van der Waals surface area contributed by atoms with Gasteiger partial charge in [-0.25, -0.2) is 0 Å². The monoisotopic (exact) mass is 220 g/mol. The van der Waals surface area contributed by atoms with Gasteiger partial charge in [0.1, 0.15) is 0 Å². The number of nitrogens with zero attached hydrogens (tertiary/aromatic N) is 1. The number of thioether (sulfide) groups is 1. The molecule has 0 saturated heterocycles. The van der Waals surface area contributed by atoms with Gasteiger partial charge in [-0.15, -0.1) is 0 Å². The lowest BCUT2D eigenvalue weighted by molar-refractivity contribution is 0.802. The highest BCUT2D eigenvalue weighted by molar-refractivity contribution is 7.98. The number of hydrogen-bond acceptors (Lipinski definition) is 2. The van der Waals surface area contributed by atoms with E-state index >= 15 is 0 Å². The lowest BCUT2D eigenvalue weighted by Gasteiger charge is -2.02. The molecule has 0 unspecified atom stereocenters. The van der Waals surface area contributed by atoms with E-state index in [0.717, 1.165) is 12.3 Å². The van der Waals surface area contributed by atoms with Gasteiger partial charge in [-0.3, -0.25) is 0 Å². The molecule has 0 atom stereocenters. The summed E-state index contributed by atoms with van der Waals surface area (Å²) >= 11 is 1.87. The molecule has 0 saturated carbocycles. The largest absolute Gasteiger partial charge is 0.346 e. The molecule has 80 valence electrons. The van der Waals surface area contributed by atoms with Crippen molar-refractivity contribution < 1.29 is 0 Å². The first-order valence-electron chi connectivity index (χ1n) is 5.12. The van der Waals surface area contributed by atoms with E-state index in [9.17, 15) is 0 Å². The van der Waals surface area contributed by atoms with Crippen LogP contribution < -0.4 is 5.73 Å². The van der Waals surface area contributed by atoms with E-state index in [2.05, 4.69) is 41.3 Å². The molecule has 0 amide bonds. The molecule has 15 heavy (non-hydrogen) atoms. The number of rotatable bonds is 4. The van der Waals surface area contributed by atoms with E-state index in [0.29, 0.717) is 6.54 Å². The molecule has 0 aliphatic carbocycles. The Labute approximate surface area is 94.5 Å². The van der Waals surface area contributed by atoms with E-state index in [4.69, 9.17) is 5.73 Å². The van der Waals surface area contributed by atoms with Gasteiger partial charge in [0.2, 0.25) is 0 Å². The molecule has 0 bridgehead atoms. The molecule has 2 nitrogen and oxygen atoms in total. The van der Waals surface area contributed by atoms with Crippen molar-refractivity contribution in [1.29, 1.82) is 0 Å². The van der Waals surface area contributed by atoms with Crippen LogP contribution in [0.5, 0.6) is 0 Å². The first-order valence-corrected chi connectivity index (χ1v) is 6.52. The van der Waals surface area contributed by atoms with E-state index in [1.807, 2.05) is 11.8 Å². The van der Waals surface area contributed by atoms with Crippen molar-refractivity contribution in [3.63, 3.8) is 0 Å². The maximum atomic E-state index is 5.74. The van der Waals surface area contributed by atoms with Gasteiger partial charge in [0.05, 0.1) is 0 Å². The summed E-state index contributed by atoms with van der Waals surface area (Å²) in [6.07, 6.45) is 4.32. The number of hydrogen-bond donors (Lipinski definition) is 1. The van der Waals surface area contributed by atoms with Crippen LogP contribution in [0.4, 0.5) is 0 Å². The summed E-state index contributed by atoms with van der Waals surface area (Å²) in [4.78, 5) is 0. The fraction of sp³-hybridized carbons (Fsp3) is 0.333. The molecule has 0 aliphatic rings. The first kappa shape index (κ1) is 10.6. The molecule has 0 spiro atoms. The third-order valence-corrected chi connectivity index (χ3v) is 3.22. The van der Waals surface area contributed by atoms with Gasteiger partial charge in [-0.2, -0.15) is 11.8 Å². The van der Waals surface area contributed by atoms with Crippen LogP contribution in [0.3, 0.4) is 0 Å². The van der Waals surface area contributed by atoms with Crippen molar-refractivity contribution in [3.05, 3.63) is 36.0 Å². The predicted molar refractivity (Wildman–Crippen MR) is 68.2 cm³/mol. The van der Waals surface area contributed by atoms with Crippen LogP contribution in [0.15, 0.2) is 30.5 Å². The van der Waals surface area contributed by atoms with Crippen molar-refractivity contribution in [2.24, 2.45) is 5.73 Å². The Kier molecular flexibility index (Phi) is 3.34. The Balaban J connectivity index is 2.45. The number of nitrogens with two attached hydrogens (primary N) is 1. The summed E-state index contributed by atoms with van der Waals surface area (Å²) in [5.41, 5.74) is 8.28. The zero-order valence-electron chi connectivity index (χ0n) is 8.94. The van der Waals surface area contributed by atoms with E-state index in [1.165, 1.54) is 16.5 Å². The Morgan fingerprint density at radius 3 is 2.87 bits per heavy atom. The molecule has 2 aromatic rings. The van der Waals surface area contributed by atoms with Crippen LogP contribution in [0.2, 0.25) is 0 Å². The minimum absolute atomic E-state index is 0.618. The van der Waals surface area contributed by atoms with Crippen LogP contribution >= 0.6 is 11.8 Å². The van der Waals surface area contributed by atoms with Crippen molar-refractivity contribution in [2.45, 2.75) is 13.1 Å². The van der Waals surface area contributed by atoms with Crippen molar-refractivity contribution in [2.75, 3.05) is 12.0 Å². The number of benzene rings is 1. The van der Waals surface area contributed by atoms with E-state index < -0.39 is 0 Å². The molecule has 3 heteroatoms. The molecular formula is C12H16N2S. The molecule has 2 rings (SSSR count). The topological polar surface area (TPSA) is 30.9 Å². The normalized spacial score (nSPS) is 11.1. The maximum absolute atomic E-state index is 5.74. The van der Waals surface area contributed by atoms with Gasteiger partial charge < -0.3 is 10.3 Å². The molecule has 0 fully saturated rings. The maximum Gasteiger partial charge on any atom is 0.0483 e. The van der Waals surface area contributed by atoms with Crippen molar-refractivity contribution in [1.82, 2.24) is 4.57 Å². The Hall–Kier alpha value is -0.930. The van der Waals surface area contributed by atoms with Gasteiger partial charge in [-0.05, 0) is 17.9 Å². The zero-order chi connectivity index (χ0) is 10.7. The van der Waals surface area contributed by atoms with Gasteiger partial charge in [0.25, 0.3) is 0 Å². The second-order valence-corrected chi connectivity index (χ2v) is 4.55. The molecule has 0 radical (unpaired) electrons. The first-order chi connectivity index (χ1) is 7.36. The Bertz CT molecular complexity index is 448. The van der Waals surface area contributed by atoms with Gasteiger partial charge >= 0.3 is 0 Å². The predicted octanol–water partition coefficient (Wildman–Crippen LogP) is 2.46. The number of aryl methyl sites for hydroxylation is 1. The molecular weight excluding hydrogens is 204 g/mol. The fourth-order valence-electron chi connectivity index (χ4n) is 1.86. The molecule has 0 aliphatic heterocycles. The Morgan fingerprint density at radius 1 is 1.33 bits per heavy atom. The lowest BCUT2D eigenvalue weighted by Crippen LogP contribution is -1.98. The van der Waals surface area contributed by atoms with Crippen LogP contribution in [0.25, 0.3) is 10.9 Å². The highest BCUT2D eigenvalue weighted by Gasteiger charge is 2.05. The van der Waals surface area contributed by atoms with Crippen molar-refractivity contribution in [3.8, 4) is 0 Å². The van der Waals surface area contributed by atoms with Crippen LogP contribution in [-0.4, -0.2) is 16.6 Å². The van der Waals surface area contributed by atoms with Gasteiger partial charge in [0.15, 0.2) is 0 Å². The summed E-state index contributed by atoms with van der Waals surface area (Å²) in [6.45, 7) is 1.68. The van der Waals surface area contributed by atoms with Crippen LogP contribution in [-0.2, 0) is 13.1 Å². The standard InChI is InChI=1S/C12H16N2S/c1-15-7-6-14-9-10(8-13)11-4-2-3-5-12(11)14/h2-5,9H,6-8,13H2,1H3. The summed E-state index contributed by atoms with van der Waals surface area (Å²) in [6, 6.07) is 8.46. The molecule has 1 aromatic heterocycles. The quantitative estimate of drug-likeness (QED) is 0.858. The molecule has 2 N–H and O–H groups in total. The average Bonchev–Trinajstić information content (AvgIpc) is 2.65. The fourth-order valence-corrected chi connectivity index (χ4v) is 2.24. The molecule has 1 heterocycles.